The van der Waals surface area contributed by atoms with E-state index < -0.39 is 15.9 Å². The van der Waals surface area contributed by atoms with E-state index in [-0.39, 0.29) is 17.5 Å². The molecule has 2 aromatic carbocycles. The number of ether oxygens (including phenoxy) is 2. The molecule has 0 fully saturated rings. The highest BCUT2D eigenvalue weighted by Gasteiger charge is 2.17. The van der Waals surface area contributed by atoms with E-state index in [1.165, 1.54) is 37.3 Å². The zero-order valence-corrected chi connectivity index (χ0v) is 14.6. The number of fused-ring (bicyclic) bond motifs is 1. The molecule has 0 saturated heterocycles. The van der Waals surface area contributed by atoms with Crippen molar-refractivity contribution in [2.45, 2.75) is 11.8 Å². The van der Waals surface area contributed by atoms with Gasteiger partial charge in [0.2, 0.25) is 6.79 Å². The van der Waals surface area contributed by atoms with Gasteiger partial charge >= 0.3 is 0 Å². The van der Waals surface area contributed by atoms with Crippen molar-refractivity contribution in [2.75, 3.05) is 6.79 Å². The van der Waals surface area contributed by atoms with Gasteiger partial charge in [-0.05, 0) is 42.8 Å². The summed E-state index contributed by atoms with van der Waals surface area (Å²) in [6, 6.07) is 10.4. The van der Waals surface area contributed by atoms with Gasteiger partial charge in [0.25, 0.3) is 15.9 Å². The van der Waals surface area contributed by atoms with Crippen LogP contribution >= 0.6 is 0 Å². The van der Waals surface area contributed by atoms with Crippen LogP contribution in [0, 0.1) is 0 Å². The van der Waals surface area contributed by atoms with E-state index in [4.69, 9.17) is 9.47 Å². The predicted octanol–water partition coefficient (Wildman–Crippen LogP) is 2.14. The first-order valence-electron chi connectivity index (χ1n) is 7.61. The maximum absolute atomic E-state index is 12.2. The van der Waals surface area contributed by atoms with Crippen LogP contribution in [0.5, 0.6) is 11.5 Å². The molecular weight excluding hydrogens is 358 g/mol. The molecule has 0 saturated carbocycles. The normalized spacial score (nSPS) is 13.0. The Balaban J connectivity index is 1.69. The first-order chi connectivity index (χ1) is 12.3. The summed E-state index contributed by atoms with van der Waals surface area (Å²) in [5, 5.41) is 0. The van der Waals surface area contributed by atoms with E-state index >= 15 is 0 Å². The molecule has 1 N–H and O–H groups in total. The molecule has 0 bridgehead atoms. The number of hydrogen-bond donors (Lipinski definition) is 1. The van der Waals surface area contributed by atoms with Gasteiger partial charge in [-0.3, -0.25) is 9.59 Å². The van der Waals surface area contributed by atoms with Gasteiger partial charge in [-0.1, -0.05) is 18.2 Å². The Labute approximate surface area is 150 Å². The van der Waals surface area contributed by atoms with Crippen LogP contribution < -0.4 is 14.2 Å². The van der Waals surface area contributed by atoms with Gasteiger partial charge in [0, 0.05) is 11.6 Å². The average Bonchev–Trinajstić information content (AvgIpc) is 3.07. The first-order valence-corrected chi connectivity index (χ1v) is 9.09. The summed E-state index contributed by atoms with van der Waals surface area (Å²) in [5.74, 6) is 0.205. The number of carbonyl (C=O) groups excluding carboxylic acids is 2. The van der Waals surface area contributed by atoms with Crippen LogP contribution in [0.15, 0.2) is 53.4 Å². The molecule has 1 aliphatic heterocycles. The number of sulfonamides is 1. The van der Waals surface area contributed by atoms with Gasteiger partial charge in [-0.15, -0.1) is 0 Å². The smallest absolute Gasteiger partial charge is 0.264 e. The van der Waals surface area contributed by atoms with Crippen molar-refractivity contribution >= 4 is 27.8 Å². The van der Waals surface area contributed by atoms with Gasteiger partial charge in [0.15, 0.2) is 17.3 Å². The highest BCUT2D eigenvalue weighted by molar-refractivity contribution is 7.90. The van der Waals surface area contributed by atoms with E-state index in [0.717, 1.165) is 6.08 Å². The molecule has 1 amide bonds. The van der Waals surface area contributed by atoms with Crippen LogP contribution in [0.3, 0.4) is 0 Å². The second kappa shape index (κ2) is 7.01. The molecule has 3 rings (SSSR count). The van der Waals surface area contributed by atoms with Crippen LogP contribution in [0.25, 0.3) is 6.08 Å². The number of hydrogen-bond acceptors (Lipinski definition) is 6. The quantitative estimate of drug-likeness (QED) is 0.637. The molecule has 0 atom stereocenters. The minimum absolute atomic E-state index is 0.104. The number of carbonyl (C=O) groups is 2. The Morgan fingerprint density at radius 2 is 1.73 bits per heavy atom. The summed E-state index contributed by atoms with van der Waals surface area (Å²) in [6.07, 6.45) is 2.57. The number of benzene rings is 2. The van der Waals surface area contributed by atoms with Crippen LogP contribution in [0.1, 0.15) is 22.8 Å². The SMILES string of the molecule is CC(=O)c1ccc(S(=O)(=O)NC(=O)/C=C\c2ccc3c(c2)OCO3)cc1. The Morgan fingerprint density at radius 3 is 2.42 bits per heavy atom. The molecule has 0 aliphatic carbocycles. The topological polar surface area (TPSA) is 98.8 Å². The van der Waals surface area contributed by atoms with Gasteiger partial charge < -0.3 is 9.47 Å². The second-order valence-electron chi connectivity index (χ2n) is 5.50. The highest BCUT2D eigenvalue weighted by atomic mass is 32.2. The molecule has 0 radical (unpaired) electrons. The lowest BCUT2D eigenvalue weighted by Crippen LogP contribution is -2.29. The second-order valence-corrected chi connectivity index (χ2v) is 7.18. The number of amides is 1. The fourth-order valence-corrected chi connectivity index (χ4v) is 3.23. The van der Waals surface area contributed by atoms with Gasteiger partial charge in [-0.2, -0.15) is 0 Å². The summed E-state index contributed by atoms with van der Waals surface area (Å²) in [4.78, 5) is 23.1. The minimum Gasteiger partial charge on any atom is -0.454 e. The summed E-state index contributed by atoms with van der Waals surface area (Å²) in [6.45, 7) is 1.52. The molecule has 2 aromatic rings. The molecule has 0 unspecified atom stereocenters. The molecule has 1 aliphatic rings. The first kappa shape index (κ1) is 17.7. The van der Waals surface area contributed by atoms with E-state index in [2.05, 4.69) is 0 Å². The summed E-state index contributed by atoms with van der Waals surface area (Å²) >= 11 is 0. The van der Waals surface area contributed by atoms with Crippen molar-refractivity contribution in [1.82, 2.24) is 4.72 Å². The molecule has 0 spiro atoms. The van der Waals surface area contributed by atoms with Crippen molar-refractivity contribution < 1.29 is 27.5 Å². The number of ketones is 1. The molecule has 0 aromatic heterocycles. The third kappa shape index (κ3) is 3.92. The van der Waals surface area contributed by atoms with Gasteiger partial charge in [-0.25, -0.2) is 13.1 Å². The van der Waals surface area contributed by atoms with Gasteiger partial charge in [0.1, 0.15) is 0 Å². The van der Waals surface area contributed by atoms with Crippen molar-refractivity contribution in [1.29, 1.82) is 0 Å². The van der Waals surface area contributed by atoms with Crippen molar-refractivity contribution in [3.05, 3.63) is 59.7 Å². The van der Waals surface area contributed by atoms with Crippen molar-refractivity contribution in [3.63, 3.8) is 0 Å². The Morgan fingerprint density at radius 1 is 1.04 bits per heavy atom. The standard InChI is InChI=1S/C18H15NO6S/c1-12(20)14-4-6-15(7-5-14)26(22,23)19-18(21)9-3-13-2-8-16-17(10-13)25-11-24-16/h2-10H,11H2,1H3,(H,19,21)/b9-3-. The van der Waals surface area contributed by atoms with Crippen LogP contribution in [-0.2, 0) is 14.8 Å². The molecule has 8 heteroatoms. The van der Waals surface area contributed by atoms with Crippen LogP contribution in [0.4, 0.5) is 0 Å². The van der Waals surface area contributed by atoms with Crippen LogP contribution in [0.2, 0.25) is 0 Å². The lowest BCUT2D eigenvalue weighted by molar-refractivity contribution is -0.114. The third-order valence-electron chi connectivity index (χ3n) is 3.63. The number of rotatable bonds is 5. The minimum atomic E-state index is -4.02. The monoisotopic (exact) mass is 373 g/mol. The Bertz CT molecular complexity index is 993. The van der Waals surface area contributed by atoms with Gasteiger partial charge in [0.05, 0.1) is 4.90 Å². The average molecular weight is 373 g/mol. The van der Waals surface area contributed by atoms with Crippen molar-refractivity contribution in [2.24, 2.45) is 0 Å². The van der Waals surface area contributed by atoms with Crippen LogP contribution in [-0.4, -0.2) is 26.9 Å². The number of Topliss-reactive ketones (excluding diaryl/α,β-unsaturated/α-hetero) is 1. The molecule has 26 heavy (non-hydrogen) atoms. The molecule has 1 heterocycles. The Hall–Kier alpha value is -3.13. The van der Waals surface area contributed by atoms with Crippen molar-refractivity contribution in [3.8, 4) is 11.5 Å². The summed E-state index contributed by atoms with van der Waals surface area (Å²) < 4.78 is 36.8. The summed E-state index contributed by atoms with van der Waals surface area (Å²) in [5.41, 5.74) is 1.05. The Kier molecular flexibility index (Phi) is 4.77. The lowest BCUT2D eigenvalue weighted by atomic mass is 10.2. The van der Waals surface area contributed by atoms with E-state index in [0.29, 0.717) is 22.6 Å². The zero-order chi connectivity index (χ0) is 18.7. The largest absolute Gasteiger partial charge is 0.454 e. The zero-order valence-electron chi connectivity index (χ0n) is 13.8. The molecule has 134 valence electrons. The predicted molar refractivity (Wildman–Crippen MR) is 93.4 cm³/mol. The number of nitrogens with one attached hydrogen (secondary N) is 1. The summed E-state index contributed by atoms with van der Waals surface area (Å²) in [7, 11) is -4.02. The fraction of sp³-hybridized carbons (Fsp3) is 0.111. The molecule has 7 nitrogen and oxygen atoms in total. The highest BCUT2D eigenvalue weighted by Crippen LogP contribution is 2.32. The maximum atomic E-state index is 12.2. The fourth-order valence-electron chi connectivity index (χ4n) is 2.28. The lowest BCUT2D eigenvalue weighted by Gasteiger charge is -2.05. The maximum Gasteiger partial charge on any atom is 0.264 e. The van der Waals surface area contributed by atoms with E-state index in [9.17, 15) is 18.0 Å². The third-order valence-corrected chi connectivity index (χ3v) is 4.99. The molecular formula is C18H15NO6S. The van der Waals surface area contributed by atoms with E-state index in [1.54, 1.807) is 18.2 Å². The van der Waals surface area contributed by atoms with E-state index in [1.807, 2.05) is 4.72 Å².